The number of hydrogen-bond donors (Lipinski definition) is 3. The van der Waals surface area contributed by atoms with E-state index in [1.807, 2.05) is 30.3 Å². The van der Waals surface area contributed by atoms with Gasteiger partial charge in [-0.3, -0.25) is 19.7 Å². The quantitative estimate of drug-likeness (QED) is 0.406. The molecule has 2 fully saturated rings. The molecule has 3 amide bonds. The fourth-order valence-electron chi connectivity index (χ4n) is 7.28. The van der Waals surface area contributed by atoms with E-state index in [1.54, 1.807) is 6.07 Å². The SMILES string of the molecule is CCc1cccc2c1NC(=O)[C@@]21Cc2ccc(NC(=O)CN3C(=O)C4(COCCOC4)NC[C@H]3c3cc(F)cc(F)c3)cc2C1. The Morgan fingerprint density at radius 3 is 2.47 bits per heavy atom. The third kappa shape index (κ3) is 5.08. The summed E-state index contributed by atoms with van der Waals surface area (Å²) in [6, 6.07) is 13.9. The average Bonchev–Trinajstić information content (AvgIpc) is 3.41. The number of carbonyl (C=O) groups is 3. The van der Waals surface area contributed by atoms with Crippen molar-refractivity contribution in [3.05, 3.63) is 94.0 Å². The average molecular weight is 617 g/mol. The summed E-state index contributed by atoms with van der Waals surface area (Å²) < 4.78 is 39.7. The van der Waals surface area contributed by atoms with Crippen molar-refractivity contribution in [2.45, 2.75) is 43.2 Å². The number of nitrogens with zero attached hydrogens (tertiary/aromatic N) is 1. The molecule has 7 rings (SSSR count). The van der Waals surface area contributed by atoms with Gasteiger partial charge in [0.15, 0.2) is 0 Å². The molecular weight excluding hydrogens is 582 g/mol. The number of rotatable bonds is 5. The molecule has 45 heavy (non-hydrogen) atoms. The van der Waals surface area contributed by atoms with Crippen molar-refractivity contribution >= 4 is 29.1 Å². The molecule has 3 heterocycles. The minimum atomic E-state index is -1.23. The van der Waals surface area contributed by atoms with Crippen molar-refractivity contribution in [2.75, 3.05) is 50.2 Å². The molecule has 11 heteroatoms. The van der Waals surface area contributed by atoms with Crippen LogP contribution in [-0.4, -0.2) is 67.7 Å². The third-order valence-corrected chi connectivity index (χ3v) is 9.53. The van der Waals surface area contributed by atoms with Crippen LogP contribution >= 0.6 is 0 Å². The molecule has 4 aliphatic rings. The van der Waals surface area contributed by atoms with Gasteiger partial charge in [-0.1, -0.05) is 31.2 Å². The van der Waals surface area contributed by atoms with Crippen molar-refractivity contribution in [3.63, 3.8) is 0 Å². The zero-order chi connectivity index (χ0) is 31.3. The molecule has 3 aromatic rings. The fraction of sp³-hybridized carbons (Fsp3) is 0.382. The number of hydrogen-bond acceptors (Lipinski definition) is 6. The maximum atomic E-state index is 14.2. The van der Waals surface area contributed by atoms with E-state index in [-0.39, 0.29) is 37.8 Å². The Balaban J connectivity index is 1.13. The molecule has 0 unspecified atom stereocenters. The molecule has 2 saturated heterocycles. The van der Waals surface area contributed by atoms with Crippen LogP contribution in [0.4, 0.5) is 20.2 Å². The number of carbonyl (C=O) groups excluding carboxylic acids is 3. The second kappa shape index (κ2) is 11.3. The Kier molecular flexibility index (Phi) is 7.42. The molecule has 0 bridgehead atoms. The van der Waals surface area contributed by atoms with Gasteiger partial charge < -0.3 is 25.0 Å². The van der Waals surface area contributed by atoms with Gasteiger partial charge in [0.2, 0.25) is 17.7 Å². The number of para-hydroxylation sites is 1. The zero-order valence-electron chi connectivity index (χ0n) is 24.9. The Morgan fingerprint density at radius 1 is 1.00 bits per heavy atom. The summed E-state index contributed by atoms with van der Waals surface area (Å²) in [6.07, 6.45) is 1.88. The molecule has 2 atom stereocenters. The maximum Gasteiger partial charge on any atom is 0.248 e. The number of fused-ring (bicyclic) bond motifs is 3. The van der Waals surface area contributed by atoms with Crippen LogP contribution in [-0.2, 0) is 48.5 Å². The highest BCUT2D eigenvalue weighted by Crippen LogP contribution is 2.48. The van der Waals surface area contributed by atoms with Gasteiger partial charge in [0.25, 0.3) is 0 Å². The summed E-state index contributed by atoms with van der Waals surface area (Å²) in [7, 11) is 0. The summed E-state index contributed by atoms with van der Waals surface area (Å²) >= 11 is 0. The normalized spacial score (nSPS) is 23.5. The van der Waals surface area contributed by atoms with E-state index >= 15 is 0 Å². The number of anilines is 2. The smallest absolute Gasteiger partial charge is 0.248 e. The molecule has 0 aromatic heterocycles. The van der Waals surface area contributed by atoms with Crippen LogP contribution in [0.1, 0.15) is 40.8 Å². The van der Waals surface area contributed by atoms with Gasteiger partial charge >= 0.3 is 0 Å². The number of ether oxygens (including phenoxy) is 2. The Labute approximate surface area is 259 Å². The van der Waals surface area contributed by atoms with Crippen LogP contribution in [0.25, 0.3) is 0 Å². The molecule has 2 spiro atoms. The van der Waals surface area contributed by atoms with Crippen molar-refractivity contribution in [1.29, 1.82) is 0 Å². The summed E-state index contributed by atoms with van der Waals surface area (Å²) in [5, 5.41) is 9.20. The molecule has 234 valence electrons. The zero-order valence-corrected chi connectivity index (χ0v) is 24.9. The monoisotopic (exact) mass is 616 g/mol. The van der Waals surface area contributed by atoms with Crippen LogP contribution in [0.15, 0.2) is 54.6 Å². The van der Waals surface area contributed by atoms with Crippen molar-refractivity contribution in [1.82, 2.24) is 10.2 Å². The number of halogens is 2. The number of benzene rings is 3. The van der Waals surface area contributed by atoms with Crippen molar-refractivity contribution in [3.8, 4) is 0 Å². The fourth-order valence-corrected chi connectivity index (χ4v) is 7.28. The highest BCUT2D eigenvalue weighted by molar-refractivity contribution is 6.08. The lowest BCUT2D eigenvalue weighted by atomic mass is 9.78. The number of aryl methyl sites for hydroxylation is 1. The molecule has 3 N–H and O–H groups in total. The van der Waals surface area contributed by atoms with Crippen molar-refractivity contribution < 1.29 is 32.6 Å². The lowest BCUT2D eigenvalue weighted by Crippen LogP contribution is -2.69. The van der Waals surface area contributed by atoms with Crippen LogP contribution in [0.3, 0.4) is 0 Å². The number of piperazine rings is 1. The first-order valence-electron chi connectivity index (χ1n) is 15.2. The van der Waals surface area contributed by atoms with Crippen LogP contribution in [0.5, 0.6) is 0 Å². The van der Waals surface area contributed by atoms with Gasteiger partial charge in [-0.15, -0.1) is 0 Å². The molecule has 3 aromatic carbocycles. The lowest BCUT2D eigenvalue weighted by molar-refractivity contribution is -0.151. The lowest BCUT2D eigenvalue weighted by Gasteiger charge is -2.45. The van der Waals surface area contributed by atoms with Gasteiger partial charge in [-0.2, -0.15) is 0 Å². The van der Waals surface area contributed by atoms with Gasteiger partial charge in [0.1, 0.15) is 23.7 Å². The van der Waals surface area contributed by atoms with E-state index in [1.165, 1.54) is 17.0 Å². The predicted molar refractivity (Wildman–Crippen MR) is 162 cm³/mol. The summed E-state index contributed by atoms with van der Waals surface area (Å²) in [5.74, 6) is -2.49. The predicted octanol–water partition coefficient (Wildman–Crippen LogP) is 3.41. The topological polar surface area (TPSA) is 109 Å². The second-order valence-electron chi connectivity index (χ2n) is 12.3. The van der Waals surface area contributed by atoms with E-state index in [0.717, 1.165) is 40.4 Å². The Bertz CT molecular complexity index is 1690. The Morgan fingerprint density at radius 2 is 1.73 bits per heavy atom. The second-order valence-corrected chi connectivity index (χ2v) is 12.3. The summed E-state index contributed by atoms with van der Waals surface area (Å²) in [6.45, 7) is 2.56. The third-order valence-electron chi connectivity index (χ3n) is 9.53. The number of nitrogens with one attached hydrogen (secondary N) is 3. The first kappa shape index (κ1) is 29.5. The standard InChI is InChI=1S/C34H34F2N4O5/c1-2-20-4-3-5-27-30(20)39-31(42)33(27)14-21-6-7-26(12-23(21)15-33)38-29(41)17-40-28(22-10-24(35)13-25(36)11-22)16-37-34(32(40)43)18-44-8-9-45-19-34/h3-7,10-13,28,37H,2,8-9,14-19H2,1H3,(H,38,41)(H,39,42)/t28-,33+/m0/s1. The van der Waals surface area contributed by atoms with Gasteiger partial charge in [-0.05, 0) is 71.3 Å². The highest BCUT2D eigenvalue weighted by Gasteiger charge is 2.51. The molecule has 9 nitrogen and oxygen atoms in total. The van der Waals surface area contributed by atoms with E-state index in [0.29, 0.717) is 31.7 Å². The van der Waals surface area contributed by atoms with Crippen LogP contribution in [0, 0.1) is 11.6 Å². The molecule has 0 saturated carbocycles. The van der Waals surface area contributed by atoms with Crippen LogP contribution < -0.4 is 16.0 Å². The first-order valence-corrected chi connectivity index (χ1v) is 15.2. The maximum absolute atomic E-state index is 14.2. The first-order chi connectivity index (χ1) is 21.7. The van der Waals surface area contributed by atoms with Gasteiger partial charge in [-0.25, -0.2) is 8.78 Å². The van der Waals surface area contributed by atoms with E-state index < -0.39 is 40.4 Å². The summed E-state index contributed by atoms with van der Waals surface area (Å²) in [5.41, 5.74) is 3.87. The van der Waals surface area contributed by atoms with Crippen LogP contribution in [0.2, 0.25) is 0 Å². The minimum absolute atomic E-state index is 0.0161. The highest BCUT2D eigenvalue weighted by atomic mass is 19.1. The van der Waals surface area contributed by atoms with E-state index in [9.17, 15) is 23.2 Å². The van der Waals surface area contributed by atoms with E-state index in [4.69, 9.17) is 9.47 Å². The largest absolute Gasteiger partial charge is 0.376 e. The molecule has 1 aliphatic carbocycles. The van der Waals surface area contributed by atoms with Crippen molar-refractivity contribution in [2.24, 2.45) is 0 Å². The minimum Gasteiger partial charge on any atom is -0.376 e. The summed E-state index contributed by atoms with van der Waals surface area (Å²) in [4.78, 5) is 42.2. The Hall–Kier alpha value is -4.19. The van der Waals surface area contributed by atoms with E-state index in [2.05, 4.69) is 22.9 Å². The molecule has 3 aliphatic heterocycles. The molecule has 0 radical (unpaired) electrons. The van der Waals surface area contributed by atoms with Gasteiger partial charge in [0.05, 0.1) is 37.9 Å². The van der Waals surface area contributed by atoms with Gasteiger partial charge in [0, 0.05) is 24.0 Å². The molecular formula is C34H34F2N4O5. The number of amides is 3.